The lowest BCUT2D eigenvalue weighted by Gasteiger charge is -2.33. The minimum atomic E-state index is -1.06. The molecule has 0 radical (unpaired) electrons. The molecule has 1 aromatic carbocycles. The molecule has 0 spiro atoms. The summed E-state index contributed by atoms with van der Waals surface area (Å²) in [7, 11) is 0. The van der Waals surface area contributed by atoms with E-state index in [1.54, 1.807) is 6.07 Å². The molecule has 4 bridgehead atoms. The maximum Gasteiger partial charge on any atom is 0.337 e. The highest BCUT2D eigenvalue weighted by Gasteiger charge is 2.58. The van der Waals surface area contributed by atoms with Crippen LogP contribution in [0, 0.1) is 29.0 Å². The number of thioether (sulfide) groups is 1. The Morgan fingerprint density at radius 2 is 1.94 bits per heavy atom. The second-order valence-corrected chi connectivity index (χ2v) is 11.6. The first-order valence-electron chi connectivity index (χ1n) is 11.5. The van der Waals surface area contributed by atoms with E-state index < -0.39 is 23.1 Å². The van der Waals surface area contributed by atoms with Crippen LogP contribution >= 0.6 is 11.8 Å². The van der Waals surface area contributed by atoms with Gasteiger partial charge in [0.15, 0.2) is 5.37 Å². The monoisotopic (exact) mass is 445 g/mol. The molecular formula is C24H28FNO4S. The summed E-state index contributed by atoms with van der Waals surface area (Å²) in [5.41, 5.74) is 1.15. The number of carboxylic acids is 1. The Labute approximate surface area is 185 Å². The largest absolute Gasteiger partial charge is 0.493 e. The van der Waals surface area contributed by atoms with Gasteiger partial charge >= 0.3 is 5.97 Å². The van der Waals surface area contributed by atoms with Gasteiger partial charge < -0.3 is 14.7 Å². The summed E-state index contributed by atoms with van der Waals surface area (Å²) in [6.07, 6.45) is 8.56. The summed E-state index contributed by atoms with van der Waals surface area (Å²) < 4.78 is 21.4. The summed E-state index contributed by atoms with van der Waals surface area (Å²) >= 11 is 1.21. The normalized spacial score (nSPS) is 35.7. The Kier molecular flexibility index (Phi) is 4.57. The van der Waals surface area contributed by atoms with Crippen LogP contribution in [0.5, 0.6) is 5.75 Å². The zero-order chi connectivity index (χ0) is 21.3. The van der Waals surface area contributed by atoms with E-state index in [1.807, 2.05) is 0 Å². The predicted octanol–water partition coefficient (Wildman–Crippen LogP) is 4.51. The van der Waals surface area contributed by atoms with E-state index in [2.05, 4.69) is 0 Å². The van der Waals surface area contributed by atoms with Gasteiger partial charge in [-0.15, -0.1) is 11.8 Å². The first-order valence-corrected chi connectivity index (χ1v) is 12.6. The topological polar surface area (TPSA) is 66.8 Å². The molecule has 1 heterocycles. The molecule has 5 nitrogen and oxygen atoms in total. The number of benzene rings is 1. The second kappa shape index (κ2) is 7.12. The number of halogens is 1. The predicted molar refractivity (Wildman–Crippen MR) is 115 cm³/mol. The smallest absolute Gasteiger partial charge is 0.337 e. The van der Waals surface area contributed by atoms with Crippen LogP contribution in [0.25, 0.3) is 0 Å². The number of amides is 1. The molecule has 3 unspecified atom stereocenters. The van der Waals surface area contributed by atoms with Gasteiger partial charge in [0.2, 0.25) is 0 Å². The summed E-state index contributed by atoms with van der Waals surface area (Å²) in [5.74, 6) is 1.69. The van der Waals surface area contributed by atoms with Crippen molar-refractivity contribution in [3.05, 3.63) is 29.1 Å². The molecular weight excluding hydrogens is 417 g/mol. The molecule has 5 saturated carbocycles. The minimum absolute atomic E-state index is 0.0259. The molecule has 31 heavy (non-hydrogen) atoms. The third kappa shape index (κ3) is 3.26. The van der Waals surface area contributed by atoms with Crippen LogP contribution in [-0.4, -0.2) is 46.2 Å². The van der Waals surface area contributed by atoms with E-state index in [0.29, 0.717) is 30.6 Å². The van der Waals surface area contributed by atoms with Crippen molar-refractivity contribution < 1.29 is 23.8 Å². The van der Waals surface area contributed by atoms with Crippen LogP contribution in [0.15, 0.2) is 12.1 Å². The Hall–Kier alpha value is -1.76. The van der Waals surface area contributed by atoms with Gasteiger partial charge in [0.05, 0.1) is 12.2 Å². The molecule has 5 aliphatic carbocycles. The molecule has 3 atom stereocenters. The number of aliphatic carboxylic acids is 1. The van der Waals surface area contributed by atoms with E-state index in [0.717, 1.165) is 36.2 Å². The molecule has 0 aromatic heterocycles. The number of rotatable bonds is 6. The fraction of sp³-hybridized carbons (Fsp3) is 0.667. The number of carboxylic acid groups (broad SMARTS) is 1. The van der Waals surface area contributed by atoms with Gasteiger partial charge in [0, 0.05) is 23.8 Å². The van der Waals surface area contributed by atoms with Crippen LogP contribution in [0.2, 0.25) is 0 Å². The fourth-order valence-electron chi connectivity index (χ4n) is 7.03. The number of carbonyl (C=O) groups excluding carboxylic acids is 1. The standard InChI is InChI=1S/C24H28FNO4S/c25-19-9-20(30-12-24-10-13-5-14(11-24)7-16(24)6-13)17(15-1-2-15)8-18(19)21(27)26-3-4-31-22(26)23(28)29/h8-9,13-16,22H,1-7,10-12H2,(H,28,29). The van der Waals surface area contributed by atoms with Gasteiger partial charge in [-0.3, -0.25) is 4.79 Å². The van der Waals surface area contributed by atoms with E-state index >= 15 is 4.39 Å². The van der Waals surface area contributed by atoms with Crippen LogP contribution in [0.4, 0.5) is 4.39 Å². The van der Waals surface area contributed by atoms with Gasteiger partial charge in [-0.2, -0.15) is 0 Å². The van der Waals surface area contributed by atoms with Crippen LogP contribution in [-0.2, 0) is 4.79 Å². The molecule has 1 saturated heterocycles. The highest BCUT2D eigenvalue weighted by atomic mass is 32.2. The molecule has 166 valence electrons. The van der Waals surface area contributed by atoms with Crippen LogP contribution in [0.3, 0.4) is 0 Å². The second-order valence-electron chi connectivity index (χ2n) is 10.4. The SMILES string of the molecule is O=C(O)C1SCCN1C(=O)c1cc(C2CC2)c(OCC23CC4CC(CC2C4)C3)cc1F. The zero-order valence-corrected chi connectivity index (χ0v) is 18.3. The van der Waals surface area contributed by atoms with Gasteiger partial charge in [-0.05, 0) is 80.2 Å². The summed E-state index contributed by atoms with van der Waals surface area (Å²) in [4.78, 5) is 25.8. The highest BCUT2D eigenvalue weighted by Crippen LogP contribution is 2.65. The molecule has 6 aliphatic rings. The lowest BCUT2D eigenvalue weighted by atomic mass is 9.76. The average Bonchev–Trinajstić information content (AvgIpc) is 3.32. The highest BCUT2D eigenvalue weighted by molar-refractivity contribution is 8.00. The van der Waals surface area contributed by atoms with Crippen molar-refractivity contribution in [2.45, 2.75) is 56.2 Å². The molecule has 1 aliphatic heterocycles. The number of hydrogen-bond donors (Lipinski definition) is 1. The molecule has 7 rings (SSSR count). The quantitative estimate of drug-likeness (QED) is 0.698. The zero-order valence-electron chi connectivity index (χ0n) is 17.5. The molecule has 7 heteroatoms. The Morgan fingerprint density at radius 3 is 2.61 bits per heavy atom. The number of ether oxygens (including phenoxy) is 1. The van der Waals surface area contributed by atoms with Crippen molar-refractivity contribution in [2.24, 2.45) is 23.2 Å². The lowest BCUT2D eigenvalue weighted by molar-refractivity contribution is -0.138. The third-order valence-electron chi connectivity index (χ3n) is 8.38. The first kappa shape index (κ1) is 19.9. The van der Waals surface area contributed by atoms with Crippen molar-refractivity contribution in [3.8, 4) is 5.75 Å². The molecule has 1 N–H and O–H groups in total. The van der Waals surface area contributed by atoms with E-state index in [4.69, 9.17) is 4.74 Å². The van der Waals surface area contributed by atoms with Gasteiger partial charge in [0.25, 0.3) is 5.91 Å². The lowest BCUT2D eigenvalue weighted by Crippen LogP contribution is -2.39. The van der Waals surface area contributed by atoms with Crippen molar-refractivity contribution in [3.63, 3.8) is 0 Å². The Bertz CT molecular complexity index is 934. The molecule has 1 amide bonds. The third-order valence-corrected chi connectivity index (χ3v) is 9.57. The number of carbonyl (C=O) groups is 2. The fourth-order valence-corrected chi connectivity index (χ4v) is 8.08. The summed E-state index contributed by atoms with van der Waals surface area (Å²) in [6, 6.07) is 3.03. The van der Waals surface area contributed by atoms with Gasteiger partial charge in [0.1, 0.15) is 11.6 Å². The Balaban J connectivity index is 1.25. The summed E-state index contributed by atoms with van der Waals surface area (Å²) in [6.45, 7) is 0.976. The van der Waals surface area contributed by atoms with Crippen molar-refractivity contribution >= 4 is 23.6 Å². The van der Waals surface area contributed by atoms with Crippen molar-refractivity contribution in [2.75, 3.05) is 18.9 Å². The van der Waals surface area contributed by atoms with Crippen LogP contribution in [0.1, 0.15) is 66.8 Å². The first-order chi connectivity index (χ1) is 14.9. The van der Waals surface area contributed by atoms with Gasteiger partial charge in [-0.25, -0.2) is 9.18 Å². The number of hydrogen-bond acceptors (Lipinski definition) is 4. The van der Waals surface area contributed by atoms with E-state index in [-0.39, 0.29) is 11.0 Å². The number of nitrogens with zero attached hydrogens (tertiary/aromatic N) is 1. The van der Waals surface area contributed by atoms with Gasteiger partial charge in [-0.1, -0.05) is 0 Å². The molecule has 1 aromatic rings. The van der Waals surface area contributed by atoms with E-state index in [9.17, 15) is 14.7 Å². The maximum atomic E-state index is 15.1. The van der Waals surface area contributed by atoms with E-state index in [1.165, 1.54) is 54.8 Å². The van der Waals surface area contributed by atoms with Crippen molar-refractivity contribution in [1.29, 1.82) is 0 Å². The van der Waals surface area contributed by atoms with Crippen molar-refractivity contribution in [1.82, 2.24) is 4.90 Å². The molecule has 6 fully saturated rings. The van der Waals surface area contributed by atoms with Crippen LogP contribution < -0.4 is 4.74 Å². The average molecular weight is 446 g/mol. The minimum Gasteiger partial charge on any atom is -0.493 e. The summed E-state index contributed by atoms with van der Waals surface area (Å²) in [5, 5.41) is 8.44. The Morgan fingerprint density at radius 1 is 1.19 bits per heavy atom. The maximum absolute atomic E-state index is 15.1.